The van der Waals surface area contributed by atoms with E-state index >= 15 is 0 Å². The maximum absolute atomic E-state index is 12.1. The molecule has 0 atom stereocenters. The Bertz CT molecular complexity index is 1070. The van der Waals surface area contributed by atoms with Crippen LogP contribution in [-0.4, -0.2) is 22.4 Å². The number of nitrogens with one attached hydrogen (secondary N) is 1. The molecule has 1 N–H and O–H groups in total. The van der Waals surface area contributed by atoms with Crippen molar-refractivity contribution in [3.8, 4) is 5.69 Å². The van der Waals surface area contributed by atoms with Crippen molar-refractivity contribution in [2.45, 2.75) is 33.4 Å². The van der Waals surface area contributed by atoms with Crippen LogP contribution in [0.25, 0.3) is 5.69 Å². The van der Waals surface area contributed by atoms with Gasteiger partial charge in [-0.05, 0) is 62.6 Å². The lowest BCUT2D eigenvalue weighted by Crippen LogP contribution is -2.19. The summed E-state index contributed by atoms with van der Waals surface area (Å²) in [7, 11) is 0. The summed E-state index contributed by atoms with van der Waals surface area (Å²) < 4.78 is 2.24. The van der Waals surface area contributed by atoms with E-state index < -0.39 is 0 Å². The van der Waals surface area contributed by atoms with Gasteiger partial charge < -0.3 is 4.57 Å². The van der Waals surface area contributed by atoms with Crippen molar-refractivity contribution < 1.29 is 4.79 Å². The molecule has 0 fully saturated rings. The fourth-order valence-corrected chi connectivity index (χ4v) is 4.50. The molecule has 0 saturated heterocycles. The number of para-hydroxylation sites is 1. The molecule has 3 rings (SSSR count). The van der Waals surface area contributed by atoms with E-state index in [1.165, 1.54) is 28.6 Å². The van der Waals surface area contributed by atoms with Crippen molar-refractivity contribution in [1.82, 2.24) is 9.99 Å². The van der Waals surface area contributed by atoms with Crippen LogP contribution in [0.2, 0.25) is 5.02 Å². The van der Waals surface area contributed by atoms with E-state index in [-0.39, 0.29) is 5.91 Å². The third-order valence-electron chi connectivity index (χ3n) is 4.92. The largest absolute Gasteiger partial charge is 0.317 e. The van der Waals surface area contributed by atoms with Gasteiger partial charge in [-0.2, -0.15) is 5.10 Å². The van der Waals surface area contributed by atoms with E-state index in [1.807, 2.05) is 24.3 Å². The first-order chi connectivity index (χ1) is 14.4. The zero-order valence-electron chi connectivity index (χ0n) is 17.7. The number of hydrogen-bond acceptors (Lipinski definition) is 3. The third-order valence-corrected chi connectivity index (χ3v) is 6.16. The molecule has 4 nitrogen and oxygen atoms in total. The van der Waals surface area contributed by atoms with Crippen molar-refractivity contribution in [3.63, 3.8) is 0 Å². The highest BCUT2D eigenvalue weighted by molar-refractivity contribution is 7.99. The Morgan fingerprint density at radius 1 is 1.10 bits per heavy atom. The molecule has 6 heteroatoms. The number of hydrazone groups is 1. The molecule has 0 aliphatic carbocycles. The number of amides is 1. The van der Waals surface area contributed by atoms with Gasteiger partial charge in [0.05, 0.1) is 17.7 Å². The van der Waals surface area contributed by atoms with E-state index in [1.54, 1.807) is 6.21 Å². The first kappa shape index (κ1) is 22.2. The molecule has 0 aliphatic heterocycles. The quantitative estimate of drug-likeness (QED) is 0.376. The number of halogens is 1. The molecule has 1 heterocycles. The summed E-state index contributed by atoms with van der Waals surface area (Å²) in [6.07, 6.45) is 1.71. The van der Waals surface area contributed by atoms with Gasteiger partial charge in [-0.1, -0.05) is 41.9 Å². The van der Waals surface area contributed by atoms with Crippen molar-refractivity contribution >= 4 is 35.5 Å². The number of carbonyl (C=O) groups is 1. The first-order valence-corrected chi connectivity index (χ1v) is 11.3. The molecule has 2 aromatic carbocycles. The lowest BCUT2D eigenvalue weighted by Gasteiger charge is -2.15. The minimum Gasteiger partial charge on any atom is -0.317 e. The summed E-state index contributed by atoms with van der Waals surface area (Å²) in [6.45, 7) is 8.40. The van der Waals surface area contributed by atoms with Crippen LogP contribution >= 0.6 is 23.4 Å². The summed E-state index contributed by atoms with van der Waals surface area (Å²) in [5.41, 5.74) is 10.6. The molecule has 0 radical (unpaired) electrons. The van der Waals surface area contributed by atoms with E-state index in [9.17, 15) is 4.79 Å². The highest BCUT2D eigenvalue weighted by atomic mass is 35.5. The molecule has 0 bridgehead atoms. The van der Waals surface area contributed by atoms with Gasteiger partial charge in [0.1, 0.15) is 0 Å². The summed E-state index contributed by atoms with van der Waals surface area (Å²) in [5, 5.41) is 4.87. The molecular weight excluding hydrogens is 414 g/mol. The Labute approximate surface area is 187 Å². The number of rotatable bonds is 7. The topological polar surface area (TPSA) is 46.4 Å². The third kappa shape index (κ3) is 5.35. The number of nitrogens with zero attached hydrogens (tertiary/aromatic N) is 2. The fraction of sp³-hybridized carbons (Fsp3) is 0.250. The zero-order valence-corrected chi connectivity index (χ0v) is 19.3. The van der Waals surface area contributed by atoms with Gasteiger partial charge in [0.2, 0.25) is 5.91 Å². The smallest absolute Gasteiger partial charge is 0.250 e. The standard InChI is InChI=1S/C24H26ClN3OS/c1-16-7-5-8-17(2)24(16)28-18(3)11-21(19(28)4)13-26-27-23(29)15-30-14-20-9-6-10-22(25)12-20/h5-13H,14-15H2,1-4H3,(H,27,29)/b26-13-. The summed E-state index contributed by atoms with van der Waals surface area (Å²) in [6, 6.07) is 16.1. The average molecular weight is 440 g/mol. The maximum Gasteiger partial charge on any atom is 0.250 e. The highest BCUT2D eigenvalue weighted by Gasteiger charge is 2.13. The van der Waals surface area contributed by atoms with Crippen LogP contribution in [0.1, 0.15) is 33.6 Å². The summed E-state index contributed by atoms with van der Waals surface area (Å²) >= 11 is 7.52. The molecular formula is C24H26ClN3OS. The Balaban J connectivity index is 1.61. The van der Waals surface area contributed by atoms with Crippen LogP contribution in [0.4, 0.5) is 0 Å². The van der Waals surface area contributed by atoms with Crippen LogP contribution in [0.5, 0.6) is 0 Å². The Morgan fingerprint density at radius 2 is 1.80 bits per heavy atom. The second kappa shape index (κ2) is 10.0. The highest BCUT2D eigenvalue weighted by Crippen LogP contribution is 2.25. The van der Waals surface area contributed by atoms with Gasteiger partial charge in [-0.25, -0.2) is 5.43 Å². The van der Waals surface area contributed by atoms with Crippen molar-refractivity contribution in [2.75, 3.05) is 5.75 Å². The van der Waals surface area contributed by atoms with E-state index in [0.717, 1.165) is 28.3 Å². The number of hydrogen-bond donors (Lipinski definition) is 1. The molecule has 156 valence electrons. The molecule has 0 aliphatic rings. The number of thioether (sulfide) groups is 1. The summed E-state index contributed by atoms with van der Waals surface area (Å²) in [4.78, 5) is 12.1. The molecule has 0 spiro atoms. The molecule has 3 aromatic rings. The van der Waals surface area contributed by atoms with Gasteiger partial charge in [-0.3, -0.25) is 4.79 Å². The second-order valence-corrected chi connectivity index (χ2v) is 8.74. The molecule has 30 heavy (non-hydrogen) atoms. The Kier molecular flexibility index (Phi) is 7.40. The van der Waals surface area contributed by atoms with Crippen LogP contribution in [0, 0.1) is 27.7 Å². The van der Waals surface area contributed by atoms with Crippen LogP contribution in [0.15, 0.2) is 53.6 Å². The summed E-state index contributed by atoms with van der Waals surface area (Å²) in [5.74, 6) is 0.946. The lowest BCUT2D eigenvalue weighted by atomic mass is 10.1. The molecule has 0 unspecified atom stereocenters. The normalized spacial score (nSPS) is 11.2. The molecule has 1 aromatic heterocycles. The molecule has 1 amide bonds. The van der Waals surface area contributed by atoms with Gasteiger partial charge in [-0.15, -0.1) is 11.8 Å². The van der Waals surface area contributed by atoms with E-state index in [2.05, 4.69) is 67.1 Å². The van der Waals surface area contributed by atoms with Gasteiger partial charge in [0, 0.05) is 27.7 Å². The minimum atomic E-state index is -0.123. The zero-order chi connectivity index (χ0) is 21.7. The van der Waals surface area contributed by atoms with Gasteiger partial charge in [0.25, 0.3) is 0 Å². The van der Waals surface area contributed by atoms with Gasteiger partial charge >= 0.3 is 0 Å². The van der Waals surface area contributed by atoms with Crippen LogP contribution < -0.4 is 5.43 Å². The van der Waals surface area contributed by atoms with Crippen molar-refractivity contribution in [2.24, 2.45) is 5.10 Å². The predicted octanol–water partition coefficient (Wildman–Crippen LogP) is 5.75. The van der Waals surface area contributed by atoms with Gasteiger partial charge in [0.15, 0.2) is 0 Å². The number of aryl methyl sites for hydroxylation is 3. The monoisotopic (exact) mass is 439 g/mol. The Morgan fingerprint density at radius 3 is 2.50 bits per heavy atom. The lowest BCUT2D eigenvalue weighted by molar-refractivity contribution is -0.118. The Hall–Kier alpha value is -2.50. The SMILES string of the molecule is Cc1cccc(C)c1-n1c(C)cc(/C=N\NC(=O)CSCc2cccc(Cl)c2)c1C. The number of benzene rings is 2. The molecule has 0 saturated carbocycles. The second-order valence-electron chi connectivity index (χ2n) is 7.32. The first-order valence-electron chi connectivity index (χ1n) is 9.76. The van der Waals surface area contributed by atoms with Crippen LogP contribution in [-0.2, 0) is 10.5 Å². The minimum absolute atomic E-state index is 0.123. The fourth-order valence-electron chi connectivity index (χ4n) is 3.52. The van der Waals surface area contributed by atoms with Crippen molar-refractivity contribution in [3.05, 3.63) is 87.2 Å². The maximum atomic E-state index is 12.1. The average Bonchev–Trinajstić information content (AvgIpc) is 2.96. The predicted molar refractivity (Wildman–Crippen MR) is 128 cm³/mol. The number of carbonyl (C=O) groups excluding carboxylic acids is 1. The van der Waals surface area contributed by atoms with Crippen molar-refractivity contribution in [1.29, 1.82) is 0 Å². The van der Waals surface area contributed by atoms with E-state index in [4.69, 9.17) is 11.6 Å². The van der Waals surface area contributed by atoms with E-state index in [0.29, 0.717) is 10.8 Å². The van der Waals surface area contributed by atoms with Crippen LogP contribution in [0.3, 0.4) is 0 Å². The number of aromatic nitrogens is 1.